The van der Waals surface area contributed by atoms with Crippen molar-refractivity contribution in [2.45, 2.75) is 19.1 Å². The van der Waals surface area contributed by atoms with Crippen LogP contribution < -0.4 is 4.90 Å². The van der Waals surface area contributed by atoms with Gasteiger partial charge in [0.1, 0.15) is 11.7 Å². The monoisotopic (exact) mass is 249 g/mol. The molecule has 5 nitrogen and oxygen atoms in total. The minimum absolute atomic E-state index is 0.283. The quantitative estimate of drug-likeness (QED) is 0.877. The summed E-state index contributed by atoms with van der Waals surface area (Å²) in [5.41, 5.74) is -1.10. The highest BCUT2D eigenvalue weighted by Crippen LogP contribution is 2.28. The number of likely N-dealkylation sites (N-methyl/N-ethyl adjacent to an activating group) is 1. The highest BCUT2D eigenvalue weighted by atomic mass is 19.4. The SMILES string of the molecule is CC(C(=O)O)N(C)c1nccc(C(F)(F)F)n1. The fourth-order valence-electron chi connectivity index (χ4n) is 1.02. The van der Waals surface area contributed by atoms with Gasteiger partial charge in [0.15, 0.2) is 0 Å². The Bertz CT molecular complexity index is 422. The van der Waals surface area contributed by atoms with E-state index in [0.29, 0.717) is 0 Å². The van der Waals surface area contributed by atoms with Gasteiger partial charge in [0.2, 0.25) is 5.95 Å². The Balaban J connectivity index is 3.04. The van der Waals surface area contributed by atoms with Gasteiger partial charge in [-0.15, -0.1) is 0 Å². The molecule has 0 aliphatic heterocycles. The lowest BCUT2D eigenvalue weighted by Gasteiger charge is -2.21. The van der Waals surface area contributed by atoms with Gasteiger partial charge in [0.05, 0.1) is 0 Å². The molecule has 1 unspecified atom stereocenters. The van der Waals surface area contributed by atoms with E-state index in [1.165, 1.54) is 14.0 Å². The first-order chi connectivity index (χ1) is 7.73. The van der Waals surface area contributed by atoms with Crippen LogP contribution in [-0.4, -0.2) is 34.1 Å². The Kier molecular flexibility index (Phi) is 3.54. The molecule has 0 spiro atoms. The number of halogens is 3. The number of nitrogens with zero attached hydrogens (tertiary/aromatic N) is 3. The molecule has 17 heavy (non-hydrogen) atoms. The average molecular weight is 249 g/mol. The van der Waals surface area contributed by atoms with E-state index in [2.05, 4.69) is 9.97 Å². The third-order valence-electron chi connectivity index (χ3n) is 2.19. The number of anilines is 1. The Morgan fingerprint density at radius 1 is 1.53 bits per heavy atom. The fourth-order valence-corrected chi connectivity index (χ4v) is 1.02. The maximum Gasteiger partial charge on any atom is 0.433 e. The molecule has 0 bridgehead atoms. The number of hydrogen-bond acceptors (Lipinski definition) is 4. The molecule has 0 saturated heterocycles. The molecule has 8 heteroatoms. The molecule has 94 valence electrons. The predicted molar refractivity (Wildman–Crippen MR) is 52.5 cm³/mol. The molecule has 1 aromatic heterocycles. The largest absolute Gasteiger partial charge is 0.480 e. The lowest BCUT2D eigenvalue weighted by molar-refractivity contribution is -0.141. The molecule has 0 saturated carbocycles. The van der Waals surface area contributed by atoms with Crippen molar-refractivity contribution in [1.82, 2.24) is 9.97 Å². The van der Waals surface area contributed by atoms with Crippen molar-refractivity contribution in [1.29, 1.82) is 0 Å². The Morgan fingerprint density at radius 2 is 2.12 bits per heavy atom. The van der Waals surface area contributed by atoms with Crippen molar-refractivity contribution in [2.24, 2.45) is 0 Å². The number of alkyl halides is 3. The van der Waals surface area contributed by atoms with E-state index in [1.54, 1.807) is 0 Å². The number of hydrogen-bond donors (Lipinski definition) is 1. The van der Waals surface area contributed by atoms with Crippen LogP contribution in [0.1, 0.15) is 12.6 Å². The molecule has 1 N–H and O–H groups in total. The van der Waals surface area contributed by atoms with E-state index in [9.17, 15) is 18.0 Å². The van der Waals surface area contributed by atoms with E-state index >= 15 is 0 Å². The number of carboxylic acid groups (broad SMARTS) is 1. The highest BCUT2D eigenvalue weighted by Gasteiger charge is 2.33. The van der Waals surface area contributed by atoms with Crippen LogP contribution in [0.3, 0.4) is 0 Å². The lowest BCUT2D eigenvalue weighted by atomic mass is 10.3. The first-order valence-electron chi connectivity index (χ1n) is 4.59. The van der Waals surface area contributed by atoms with Crippen molar-refractivity contribution >= 4 is 11.9 Å². The zero-order valence-corrected chi connectivity index (χ0v) is 9.06. The number of carbonyl (C=O) groups is 1. The Labute approximate surface area is 94.9 Å². The first-order valence-corrected chi connectivity index (χ1v) is 4.59. The summed E-state index contributed by atoms with van der Waals surface area (Å²) in [6.07, 6.45) is -3.64. The molecule has 0 aliphatic rings. The second kappa shape index (κ2) is 4.56. The van der Waals surface area contributed by atoms with Gasteiger partial charge in [-0.2, -0.15) is 13.2 Å². The van der Waals surface area contributed by atoms with Gasteiger partial charge in [0, 0.05) is 13.2 Å². The second-order valence-corrected chi connectivity index (χ2v) is 3.36. The van der Waals surface area contributed by atoms with Gasteiger partial charge in [-0.3, -0.25) is 0 Å². The summed E-state index contributed by atoms with van der Waals surface area (Å²) in [5.74, 6) is -1.46. The van der Waals surface area contributed by atoms with Crippen LogP contribution in [-0.2, 0) is 11.0 Å². The molecule has 0 radical (unpaired) electrons. The van der Waals surface area contributed by atoms with E-state index in [4.69, 9.17) is 5.11 Å². The average Bonchev–Trinajstić information content (AvgIpc) is 2.26. The van der Waals surface area contributed by atoms with Crippen molar-refractivity contribution < 1.29 is 23.1 Å². The van der Waals surface area contributed by atoms with Crippen molar-refractivity contribution in [3.63, 3.8) is 0 Å². The zero-order chi connectivity index (χ0) is 13.2. The number of carboxylic acids is 1. The van der Waals surface area contributed by atoms with Gasteiger partial charge in [-0.1, -0.05) is 0 Å². The summed E-state index contributed by atoms with van der Waals surface area (Å²) in [5, 5.41) is 8.72. The smallest absolute Gasteiger partial charge is 0.433 e. The highest BCUT2D eigenvalue weighted by molar-refractivity contribution is 5.76. The molecule has 1 aromatic rings. The summed E-state index contributed by atoms with van der Waals surface area (Å²) in [7, 11) is 1.31. The van der Waals surface area contributed by atoms with Gasteiger partial charge >= 0.3 is 12.1 Å². The van der Waals surface area contributed by atoms with Crippen LogP contribution in [0.4, 0.5) is 19.1 Å². The molecular weight excluding hydrogens is 239 g/mol. The molecule has 0 aromatic carbocycles. The minimum Gasteiger partial charge on any atom is -0.480 e. The van der Waals surface area contributed by atoms with Gasteiger partial charge in [-0.05, 0) is 13.0 Å². The van der Waals surface area contributed by atoms with E-state index in [0.717, 1.165) is 17.2 Å². The van der Waals surface area contributed by atoms with Crippen LogP contribution in [0.5, 0.6) is 0 Å². The molecular formula is C9H10F3N3O2. The van der Waals surface area contributed by atoms with Gasteiger partial charge in [0.25, 0.3) is 0 Å². The maximum absolute atomic E-state index is 12.4. The van der Waals surface area contributed by atoms with Crippen molar-refractivity contribution in [3.8, 4) is 0 Å². The fraction of sp³-hybridized carbons (Fsp3) is 0.444. The topological polar surface area (TPSA) is 66.3 Å². The zero-order valence-electron chi connectivity index (χ0n) is 9.06. The lowest BCUT2D eigenvalue weighted by Crippen LogP contribution is -2.37. The van der Waals surface area contributed by atoms with Crippen molar-refractivity contribution in [2.75, 3.05) is 11.9 Å². The summed E-state index contributed by atoms with van der Waals surface area (Å²) >= 11 is 0. The van der Waals surface area contributed by atoms with Crippen LogP contribution in [0.25, 0.3) is 0 Å². The number of rotatable bonds is 3. The van der Waals surface area contributed by atoms with E-state index in [-0.39, 0.29) is 5.95 Å². The minimum atomic E-state index is -4.58. The normalized spacial score (nSPS) is 13.2. The molecule has 1 atom stereocenters. The second-order valence-electron chi connectivity index (χ2n) is 3.36. The van der Waals surface area contributed by atoms with Gasteiger partial charge in [-0.25, -0.2) is 14.8 Å². The Hall–Kier alpha value is -1.86. The molecule has 0 amide bonds. The maximum atomic E-state index is 12.4. The standard InChI is InChI=1S/C9H10F3N3O2/c1-5(7(16)17)15(2)8-13-4-3-6(14-8)9(10,11)12/h3-5H,1-2H3,(H,16,17). The summed E-state index contributed by atoms with van der Waals surface area (Å²) in [6.45, 7) is 1.33. The van der Waals surface area contributed by atoms with E-state index < -0.39 is 23.9 Å². The molecule has 1 heterocycles. The van der Waals surface area contributed by atoms with Crippen LogP contribution in [0.15, 0.2) is 12.3 Å². The van der Waals surface area contributed by atoms with Crippen LogP contribution in [0.2, 0.25) is 0 Å². The Morgan fingerprint density at radius 3 is 2.59 bits per heavy atom. The van der Waals surface area contributed by atoms with Gasteiger partial charge < -0.3 is 10.0 Å². The predicted octanol–water partition coefficient (Wildman–Crippen LogP) is 1.40. The third-order valence-corrected chi connectivity index (χ3v) is 2.19. The summed E-state index contributed by atoms with van der Waals surface area (Å²) in [4.78, 5) is 18.6. The van der Waals surface area contributed by atoms with Crippen molar-refractivity contribution in [3.05, 3.63) is 18.0 Å². The summed E-state index contributed by atoms with van der Waals surface area (Å²) < 4.78 is 37.1. The first kappa shape index (κ1) is 13.2. The third kappa shape index (κ3) is 3.05. The molecule has 1 rings (SSSR count). The summed E-state index contributed by atoms with van der Waals surface area (Å²) in [6, 6.07) is -0.290. The molecule has 0 aliphatic carbocycles. The van der Waals surface area contributed by atoms with Crippen LogP contribution in [0, 0.1) is 0 Å². The number of aromatic nitrogens is 2. The molecule has 0 fully saturated rings. The van der Waals surface area contributed by atoms with E-state index in [1.807, 2.05) is 0 Å². The number of aliphatic carboxylic acids is 1. The van der Waals surface area contributed by atoms with Crippen LogP contribution >= 0.6 is 0 Å².